The smallest absolute Gasteiger partial charge is 0.191 e. The minimum Gasteiger partial charge on any atom is -0.417 e. The number of hydrogen-bond acceptors (Lipinski definition) is 3. The maximum absolute atomic E-state index is 10.1. The van der Waals surface area contributed by atoms with Gasteiger partial charge in [-0.05, 0) is 42.5 Å². The summed E-state index contributed by atoms with van der Waals surface area (Å²) in [5.74, 6) is 0.342. The lowest BCUT2D eigenvalue weighted by atomic mass is 10.1. The number of rotatable bonds is 11. The molecule has 0 unspecified atom stereocenters. The highest BCUT2D eigenvalue weighted by atomic mass is 28.4. The molecule has 0 heterocycles. The van der Waals surface area contributed by atoms with E-state index in [1.54, 1.807) is 0 Å². The van der Waals surface area contributed by atoms with Gasteiger partial charge in [0, 0.05) is 6.61 Å². The highest BCUT2D eigenvalue weighted by molar-refractivity contribution is 6.74. The Morgan fingerprint density at radius 3 is 2.42 bits per heavy atom. The molecule has 0 spiro atoms. The summed E-state index contributed by atoms with van der Waals surface area (Å²) in [6, 6.07) is 10.2. The van der Waals surface area contributed by atoms with Gasteiger partial charge in [-0.25, -0.2) is 0 Å². The lowest BCUT2D eigenvalue weighted by Gasteiger charge is -2.36. The Morgan fingerprint density at radius 2 is 1.81 bits per heavy atom. The van der Waals surface area contributed by atoms with Crippen LogP contribution in [0.4, 0.5) is 0 Å². The molecule has 1 aromatic rings. The van der Waals surface area contributed by atoms with Crippen molar-refractivity contribution in [1.82, 2.24) is 0 Å². The Labute approximate surface area is 161 Å². The van der Waals surface area contributed by atoms with Gasteiger partial charge in [0.15, 0.2) is 8.32 Å². The predicted molar refractivity (Wildman–Crippen MR) is 113 cm³/mol. The first-order chi connectivity index (χ1) is 12.1. The second-order valence-electron chi connectivity index (χ2n) is 8.69. The fraction of sp³-hybridized carbons (Fsp3) is 0.636. The number of hydrogen-bond donors (Lipinski definition) is 1. The molecule has 1 rings (SSSR count). The lowest BCUT2D eigenvalue weighted by molar-refractivity contribution is 0.103. The van der Waals surface area contributed by atoms with Crippen LogP contribution in [0, 0.1) is 5.92 Å². The quantitative estimate of drug-likeness (QED) is 0.405. The van der Waals surface area contributed by atoms with Crippen molar-refractivity contribution < 1.29 is 14.3 Å². The summed E-state index contributed by atoms with van der Waals surface area (Å²) >= 11 is 0. The molecule has 1 aromatic carbocycles. The van der Waals surface area contributed by atoms with Crippen LogP contribution in [0.3, 0.4) is 0 Å². The average molecular weight is 379 g/mol. The normalized spacial score (nSPS) is 15.3. The van der Waals surface area contributed by atoms with Crippen molar-refractivity contribution >= 4 is 8.32 Å². The fourth-order valence-corrected chi connectivity index (χ4v) is 3.31. The van der Waals surface area contributed by atoms with Gasteiger partial charge in [-0.15, -0.1) is 0 Å². The molecule has 0 saturated carbocycles. The van der Waals surface area contributed by atoms with Gasteiger partial charge in [-0.1, -0.05) is 70.2 Å². The Bertz CT molecular complexity index is 520. The molecule has 2 atom stereocenters. The highest BCUT2D eigenvalue weighted by Crippen LogP contribution is 2.36. The molecule has 0 aromatic heterocycles. The van der Waals surface area contributed by atoms with Gasteiger partial charge in [0.05, 0.1) is 19.3 Å². The molecule has 0 amide bonds. The standard InChI is InChI=1S/C22H38O3Si/c1-19(17-24-18-20-12-8-7-9-13-20)11-10-14-21(23)15-16-25-26(5,6)22(2,3)4/h7-13,19,21,23H,14-18H2,1-6H3/b11-10+/t19-,21+/m1/s1. The van der Waals surface area contributed by atoms with E-state index < -0.39 is 8.32 Å². The Balaban J connectivity index is 2.17. The van der Waals surface area contributed by atoms with Gasteiger partial charge in [0.25, 0.3) is 0 Å². The van der Waals surface area contributed by atoms with Gasteiger partial charge in [0.1, 0.15) is 0 Å². The first kappa shape index (κ1) is 23.1. The zero-order valence-electron chi connectivity index (χ0n) is 17.5. The van der Waals surface area contributed by atoms with E-state index in [0.717, 1.165) is 0 Å². The van der Waals surface area contributed by atoms with Crippen LogP contribution in [-0.2, 0) is 15.8 Å². The van der Waals surface area contributed by atoms with Crippen LogP contribution in [0.25, 0.3) is 0 Å². The lowest BCUT2D eigenvalue weighted by Crippen LogP contribution is -2.41. The monoisotopic (exact) mass is 378 g/mol. The Hall–Kier alpha value is -0.943. The van der Waals surface area contributed by atoms with E-state index >= 15 is 0 Å². The van der Waals surface area contributed by atoms with E-state index in [4.69, 9.17) is 9.16 Å². The molecule has 3 nitrogen and oxygen atoms in total. The third kappa shape index (κ3) is 9.13. The molecule has 0 radical (unpaired) electrons. The molecule has 0 fully saturated rings. The van der Waals surface area contributed by atoms with Crippen LogP contribution < -0.4 is 0 Å². The number of aliphatic hydroxyl groups excluding tert-OH is 1. The van der Waals surface area contributed by atoms with E-state index in [-0.39, 0.29) is 11.1 Å². The summed E-state index contributed by atoms with van der Waals surface area (Å²) in [5, 5.41) is 10.4. The maximum Gasteiger partial charge on any atom is 0.191 e. The highest BCUT2D eigenvalue weighted by Gasteiger charge is 2.36. The minimum atomic E-state index is -1.71. The van der Waals surface area contributed by atoms with E-state index in [2.05, 4.69) is 65.1 Å². The molecular weight excluding hydrogens is 340 g/mol. The van der Waals surface area contributed by atoms with Gasteiger partial charge in [-0.2, -0.15) is 0 Å². The first-order valence-electron chi connectivity index (χ1n) is 9.72. The van der Waals surface area contributed by atoms with E-state index in [0.29, 0.717) is 38.6 Å². The zero-order chi connectivity index (χ0) is 19.6. The van der Waals surface area contributed by atoms with Gasteiger partial charge in [0.2, 0.25) is 0 Å². The van der Waals surface area contributed by atoms with Crippen molar-refractivity contribution in [2.75, 3.05) is 13.2 Å². The molecular formula is C22H38O3Si. The SMILES string of the molecule is C[C@H](/C=C/C[C@H](O)CCO[Si](C)(C)C(C)(C)C)COCc1ccccc1. The average Bonchev–Trinajstić information content (AvgIpc) is 2.54. The van der Waals surface area contributed by atoms with E-state index in [1.807, 2.05) is 18.2 Å². The van der Waals surface area contributed by atoms with Crippen molar-refractivity contribution in [2.24, 2.45) is 5.92 Å². The van der Waals surface area contributed by atoms with Crippen LogP contribution in [0.2, 0.25) is 18.1 Å². The minimum absolute atomic E-state index is 0.215. The molecule has 0 aliphatic heterocycles. The second kappa shape index (κ2) is 11.0. The Kier molecular flexibility index (Phi) is 9.80. The number of aliphatic hydroxyl groups is 1. The topological polar surface area (TPSA) is 38.7 Å². The number of benzene rings is 1. The summed E-state index contributed by atoms with van der Waals surface area (Å²) < 4.78 is 11.9. The van der Waals surface area contributed by atoms with Crippen molar-refractivity contribution in [3.8, 4) is 0 Å². The van der Waals surface area contributed by atoms with Crippen molar-refractivity contribution in [2.45, 2.75) is 71.4 Å². The zero-order valence-corrected chi connectivity index (χ0v) is 18.5. The van der Waals surface area contributed by atoms with Crippen molar-refractivity contribution in [1.29, 1.82) is 0 Å². The summed E-state index contributed by atoms with van der Waals surface area (Å²) in [6.45, 7) is 15.3. The molecule has 4 heteroatoms. The third-order valence-electron chi connectivity index (χ3n) is 5.09. The summed E-state index contributed by atoms with van der Waals surface area (Å²) in [5.41, 5.74) is 1.20. The third-order valence-corrected chi connectivity index (χ3v) is 9.62. The molecule has 0 aliphatic carbocycles. The Morgan fingerprint density at radius 1 is 1.15 bits per heavy atom. The largest absolute Gasteiger partial charge is 0.417 e. The summed E-state index contributed by atoms with van der Waals surface area (Å²) in [6.07, 6.45) is 5.21. The van der Waals surface area contributed by atoms with Crippen LogP contribution >= 0.6 is 0 Å². The molecule has 1 N–H and O–H groups in total. The molecule has 0 saturated heterocycles. The van der Waals surface area contributed by atoms with E-state index in [1.165, 1.54) is 5.56 Å². The van der Waals surface area contributed by atoms with Crippen LogP contribution in [0.15, 0.2) is 42.5 Å². The predicted octanol–water partition coefficient (Wildman–Crippen LogP) is 5.56. The maximum atomic E-state index is 10.1. The van der Waals surface area contributed by atoms with Crippen LogP contribution in [-0.4, -0.2) is 32.7 Å². The van der Waals surface area contributed by atoms with Crippen molar-refractivity contribution in [3.63, 3.8) is 0 Å². The van der Waals surface area contributed by atoms with E-state index in [9.17, 15) is 5.11 Å². The van der Waals surface area contributed by atoms with Gasteiger partial charge >= 0.3 is 0 Å². The molecule has 0 bridgehead atoms. The molecule has 26 heavy (non-hydrogen) atoms. The van der Waals surface area contributed by atoms with Gasteiger partial charge < -0.3 is 14.3 Å². The van der Waals surface area contributed by atoms with Crippen LogP contribution in [0.1, 0.15) is 46.1 Å². The van der Waals surface area contributed by atoms with Gasteiger partial charge in [-0.3, -0.25) is 0 Å². The van der Waals surface area contributed by atoms with Crippen LogP contribution in [0.5, 0.6) is 0 Å². The molecule has 0 aliphatic rings. The number of ether oxygens (including phenoxy) is 1. The van der Waals surface area contributed by atoms with Crippen molar-refractivity contribution in [3.05, 3.63) is 48.0 Å². The summed E-state index contributed by atoms with van der Waals surface area (Å²) in [7, 11) is -1.71. The fourth-order valence-electron chi connectivity index (χ4n) is 2.24. The molecule has 148 valence electrons. The first-order valence-corrected chi connectivity index (χ1v) is 12.6. The second-order valence-corrected chi connectivity index (χ2v) is 13.5. The summed E-state index contributed by atoms with van der Waals surface area (Å²) in [4.78, 5) is 0.